The molecule has 0 aliphatic carbocycles. The Balaban J connectivity index is 1.49. The van der Waals surface area contributed by atoms with Gasteiger partial charge in [0.1, 0.15) is 0 Å². The highest BCUT2D eigenvalue weighted by molar-refractivity contribution is 6.42. The van der Waals surface area contributed by atoms with Gasteiger partial charge in [0.05, 0.1) is 28.9 Å². The molecule has 1 aromatic carbocycles. The number of halogens is 2. The molecule has 0 radical (unpaired) electrons. The van der Waals surface area contributed by atoms with E-state index in [1.807, 2.05) is 11.8 Å². The first-order valence-electron chi connectivity index (χ1n) is 11.5. The molecule has 0 bridgehead atoms. The molecule has 3 atom stereocenters. The van der Waals surface area contributed by atoms with Crippen LogP contribution in [0, 0.1) is 5.41 Å². The Morgan fingerprint density at radius 2 is 1.97 bits per heavy atom. The molecule has 2 aliphatic rings. The van der Waals surface area contributed by atoms with Gasteiger partial charge in [0.2, 0.25) is 11.8 Å². The van der Waals surface area contributed by atoms with Crippen LogP contribution in [0.3, 0.4) is 0 Å². The van der Waals surface area contributed by atoms with Crippen LogP contribution in [0.1, 0.15) is 25.3 Å². The molecule has 2 amide bonds. The molecule has 2 heterocycles. The summed E-state index contributed by atoms with van der Waals surface area (Å²) in [4.78, 5) is 30.4. The molecule has 0 saturated carbocycles. The maximum Gasteiger partial charge on any atom is 0.246 e. The third-order valence-electron chi connectivity index (χ3n) is 6.76. The van der Waals surface area contributed by atoms with Crippen LogP contribution >= 0.6 is 23.2 Å². The first-order chi connectivity index (χ1) is 16.1. The molecule has 0 spiro atoms. The second kappa shape index (κ2) is 11.8. The molecule has 34 heavy (non-hydrogen) atoms. The van der Waals surface area contributed by atoms with Crippen LogP contribution in [0.25, 0.3) is 6.08 Å². The highest BCUT2D eigenvalue weighted by Gasteiger charge is 2.38. The average Bonchev–Trinajstić information content (AvgIpc) is 2.98. The van der Waals surface area contributed by atoms with Gasteiger partial charge in [-0.05, 0) is 36.7 Å². The maximum atomic E-state index is 12.6. The van der Waals surface area contributed by atoms with E-state index in [2.05, 4.69) is 0 Å². The molecular formula is C24H33Cl2N3O5. The summed E-state index contributed by atoms with van der Waals surface area (Å²) >= 11 is 11.9. The molecule has 3 N–H and O–H groups in total. The SMILES string of the molecule is C[C@@]1(CO)CCN(C[C@H](O)CN2CCN(C(=O)/C=C/c3ccc(Cl)c(Cl)c3)CCC2=O)C[C@@H]1O. The number of hydrogen-bond acceptors (Lipinski definition) is 6. The minimum atomic E-state index is -0.772. The van der Waals surface area contributed by atoms with Crippen LogP contribution in [-0.2, 0) is 9.59 Å². The monoisotopic (exact) mass is 513 g/mol. The molecule has 2 fully saturated rings. The lowest BCUT2D eigenvalue weighted by Crippen LogP contribution is -2.53. The van der Waals surface area contributed by atoms with E-state index in [4.69, 9.17) is 23.2 Å². The molecule has 3 rings (SSSR count). The van der Waals surface area contributed by atoms with Crippen molar-refractivity contribution >= 4 is 41.1 Å². The first-order valence-corrected chi connectivity index (χ1v) is 12.3. The smallest absolute Gasteiger partial charge is 0.246 e. The van der Waals surface area contributed by atoms with Crippen molar-refractivity contribution in [3.63, 3.8) is 0 Å². The van der Waals surface area contributed by atoms with E-state index in [0.717, 1.165) is 5.56 Å². The minimum absolute atomic E-state index is 0.0787. The fraction of sp³-hybridized carbons (Fsp3) is 0.583. The lowest BCUT2D eigenvalue weighted by atomic mass is 9.78. The first kappa shape index (κ1) is 26.9. The number of aliphatic hydroxyl groups excluding tert-OH is 3. The van der Waals surface area contributed by atoms with Gasteiger partial charge in [0, 0.05) is 57.2 Å². The van der Waals surface area contributed by atoms with Crippen LogP contribution in [0.4, 0.5) is 0 Å². The lowest BCUT2D eigenvalue weighted by molar-refractivity contribution is -0.132. The minimum Gasteiger partial charge on any atom is -0.396 e. The normalized spacial score (nSPS) is 25.6. The summed E-state index contributed by atoms with van der Waals surface area (Å²) in [5.41, 5.74) is 0.229. The molecule has 0 aromatic heterocycles. The molecular weight excluding hydrogens is 481 g/mol. The molecule has 2 saturated heterocycles. The van der Waals surface area contributed by atoms with Crippen molar-refractivity contribution < 1.29 is 24.9 Å². The van der Waals surface area contributed by atoms with Crippen LogP contribution in [0.2, 0.25) is 10.0 Å². The summed E-state index contributed by atoms with van der Waals surface area (Å²) in [7, 11) is 0. The molecule has 8 nitrogen and oxygen atoms in total. The fourth-order valence-electron chi connectivity index (χ4n) is 4.27. The largest absolute Gasteiger partial charge is 0.396 e. The molecule has 0 unspecified atom stereocenters. The second-order valence-corrected chi connectivity index (χ2v) is 10.2. The molecule has 1 aromatic rings. The number of hydrogen-bond donors (Lipinski definition) is 3. The fourth-order valence-corrected chi connectivity index (χ4v) is 4.57. The topological polar surface area (TPSA) is 105 Å². The number of benzene rings is 1. The zero-order chi connectivity index (χ0) is 24.9. The van der Waals surface area contributed by atoms with Crippen LogP contribution in [0.5, 0.6) is 0 Å². The van der Waals surface area contributed by atoms with Crippen LogP contribution in [-0.4, -0.2) is 106 Å². The second-order valence-electron chi connectivity index (χ2n) is 9.41. The van der Waals surface area contributed by atoms with Gasteiger partial charge in [-0.1, -0.05) is 36.2 Å². The summed E-state index contributed by atoms with van der Waals surface area (Å²) < 4.78 is 0. The van der Waals surface area contributed by atoms with Crippen molar-refractivity contribution in [1.29, 1.82) is 0 Å². The van der Waals surface area contributed by atoms with Gasteiger partial charge in [-0.15, -0.1) is 0 Å². The van der Waals surface area contributed by atoms with Crippen LogP contribution in [0.15, 0.2) is 24.3 Å². The summed E-state index contributed by atoms with van der Waals surface area (Å²) in [6, 6.07) is 5.10. The van der Waals surface area contributed by atoms with Crippen molar-refractivity contribution in [3.05, 3.63) is 39.9 Å². The standard InChI is InChI=1S/C24H33Cl2N3O5/c1-24(16-30)7-9-27(15-21(24)32)13-18(31)14-29-11-10-28(8-6-23(29)34)22(33)5-3-17-2-4-19(25)20(26)12-17/h2-5,12,18,21,30-32H,6-11,13-16H2,1H3/b5-3+/t18-,21-,24-/m0/s1. The number of carbonyl (C=O) groups excluding carboxylic acids is 2. The Hall–Kier alpha value is -1.68. The maximum absolute atomic E-state index is 12.6. The van der Waals surface area contributed by atoms with Gasteiger partial charge in [-0.3, -0.25) is 14.5 Å². The van der Waals surface area contributed by atoms with E-state index >= 15 is 0 Å². The van der Waals surface area contributed by atoms with E-state index in [-0.39, 0.29) is 31.4 Å². The molecule has 10 heteroatoms. The third-order valence-corrected chi connectivity index (χ3v) is 7.50. The lowest BCUT2D eigenvalue weighted by Gasteiger charge is -2.43. The van der Waals surface area contributed by atoms with Crippen LogP contribution < -0.4 is 0 Å². The van der Waals surface area contributed by atoms with Gasteiger partial charge in [0.15, 0.2) is 0 Å². The van der Waals surface area contributed by atoms with Crippen molar-refractivity contribution in [2.75, 3.05) is 52.4 Å². The van der Waals surface area contributed by atoms with Gasteiger partial charge in [0.25, 0.3) is 0 Å². The number of aliphatic hydroxyl groups is 3. The van der Waals surface area contributed by atoms with Gasteiger partial charge >= 0.3 is 0 Å². The zero-order valence-electron chi connectivity index (χ0n) is 19.4. The van der Waals surface area contributed by atoms with Gasteiger partial charge in [-0.2, -0.15) is 0 Å². The predicted octanol–water partition coefficient (Wildman–Crippen LogP) is 1.49. The van der Waals surface area contributed by atoms with Gasteiger partial charge in [-0.25, -0.2) is 0 Å². The van der Waals surface area contributed by atoms with Crippen molar-refractivity contribution in [2.45, 2.75) is 32.0 Å². The number of likely N-dealkylation sites (tertiary alicyclic amines) is 1. The number of nitrogens with zero attached hydrogens (tertiary/aromatic N) is 3. The summed E-state index contributed by atoms with van der Waals surface area (Å²) in [5, 5.41) is 31.3. The van der Waals surface area contributed by atoms with Crippen molar-refractivity contribution in [2.24, 2.45) is 5.41 Å². The average molecular weight is 514 g/mol. The Bertz CT molecular complexity index is 915. The highest BCUT2D eigenvalue weighted by Crippen LogP contribution is 2.30. The van der Waals surface area contributed by atoms with E-state index in [0.29, 0.717) is 55.7 Å². The van der Waals surface area contributed by atoms with Gasteiger partial charge < -0.3 is 25.1 Å². The Morgan fingerprint density at radius 3 is 2.65 bits per heavy atom. The number of rotatable bonds is 7. The highest BCUT2D eigenvalue weighted by atomic mass is 35.5. The van der Waals surface area contributed by atoms with E-state index in [1.54, 1.807) is 34.1 Å². The Morgan fingerprint density at radius 1 is 1.21 bits per heavy atom. The number of β-amino-alcohol motifs (C(OH)–C–C–N with tert-alkyl or cyclic N) is 2. The summed E-state index contributed by atoms with van der Waals surface area (Å²) in [5.74, 6) is -0.301. The Kier molecular flexibility index (Phi) is 9.37. The number of carbonyl (C=O) groups is 2. The Labute approximate surface area is 210 Å². The summed E-state index contributed by atoms with van der Waals surface area (Å²) in [6.45, 7) is 4.34. The number of amides is 2. The van der Waals surface area contributed by atoms with E-state index in [9.17, 15) is 24.9 Å². The van der Waals surface area contributed by atoms with E-state index < -0.39 is 17.6 Å². The molecule has 2 aliphatic heterocycles. The van der Waals surface area contributed by atoms with Crippen molar-refractivity contribution in [3.8, 4) is 0 Å². The molecule has 188 valence electrons. The van der Waals surface area contributed by atoms with Crippen molar-refractivity contribution in [1.82, 2.24) is 14.7 Å². The third kappa shape index (κ3) is 6.93. The number of piperidine rings is 1. The summed E-state index contributed by atoms with van der Waals surface area (Å²) in [6.07, 6.45) is 2.49. The zero-order valence-corrected chi connectivity index (χ0v) is 20.9. The predicted molar refractivity (Wildman–Crippen MR) is 132 cm³/mol. The quantitative estimate of drug-likeness (QED) is 0.477. The van der Waals surface area contributed by atoms with E-state index in [1.165, 1.54) is 6.08 Å².